The van der Waals surface area contributed by atoms with E-state index in [1.165, 1.54) is 31.4 Å². The van der Waals surface area contributed by atoms with Crippen molar-refractivity contribution in [1.82, 2.24) is 9.88 Å². The highest BCUT2D eigenvalue weighted by Crippen LogP contribution is 2.53. The van der Waals surface area contributed by atoms with Crippen molar-refractivity contribution in [2.45, 2.75) is 44.7 Å². The van der Waals surface area contributed by atoms with E-state index in [9.17, 15) is 0 Å². The first-order valence-corrected chi connectivity index (χ1v) is 7.63. The van der Waals surface area contributed by atoms with Crippen molar-refractivity contribution in [2.75, 3.05) is 13.1 Å². The Morgan fingerprint density at radius 3 is 2.84 bits per heavy atom. The Kier molecular flexibility index (Phi) is 3.59. The van der Waals surface area contributed by atoms with Crippen LogP contribution in [0.3, 0.4) is 0 Å². The minimum atomic E-state index is 0.245. The van der Waals surface area contributed by atoms with Gasteiger partial charge in [0, 0.05) is 24.8 Å². The van der Waals surface area contributed by atoms with E-state index in [2.05, 4.69) is 28.9 Å². The monoisotopic (exact) mass is 259 g/mol. The van der Waals surface area contributed by atoms with Crippen LogP contribution in [0.5, 0.6) is 0 Å². The third kappa shape index (κ3) is 2.19. The van der Waals surface area contributed by atoms with E-state index < -0.39 is 0 Å². The van der Waals surface area contributed by atoms with E-state index in [0.717, 1.165) is 31.5 Å². The molecular formula is C16H25N3. The SMILES string of the molecule is CCN(Cc1ccccn1)C1(CN)CC2CCC1C2. The molecule has 1 heterocycles. The number of rotatable bonds is 5. The zero-order valence-corrected chi connectivity index (χ0v) is 11.9. The van der Waals surface area contributed by atoms with Crippen LogP contribution in [0, 0.1) is 11.8 Å². The Morgan fingerprint density at radius 1 is 1.42 bits per heavy atom. The predicted octanol–water partition coefficient (Wildman–Crippen LogP) is 2.42. The van der Waals surface area contributed by atoms with Crippen molar-refractivity contribution in [1.29, 1.82) is 0 Å². The number of likely N-dealkylation sites (N-methyl/N-ethyl adjacent to an activating group) is 1. The number of fused-ring (bicyclic) bond motifs is 2. The van der Waals surface area contributed by atoms with Gasteiger partial charge in [-0.15, -0.1) is 0 Å². The Labute approximate surface area is 116 Å². The van der Waals surface area contributed by atoms with Crippen LogP contribution in [0.2, 0.25) is 0 Å². The summed E-state index contributed by atoms with van der Waals surface area (Å²) in [6, 6.07) is 6.18. The molecule has 2 aliphatic rings. The largest absolute Gasteiger partial charge is 0.329 e. The minimum Gasteiger partial charge on any atom is -0.329 e. The molecule has 19 heavy (non-hydrogen) atoms. The lowest BCUT2D eigenvalue weighted by molar-refractivity contribution is 0.0380. The first kappa shape index (κ1) is 13.1. The molecule has 2 N–H and O–H groups in total. The topological polar surface area (TPSA) is 42.2 Å². The van der Waals surface area contributed by atoms with E-state index in [4.69, 9.17) is 5.73 Å². The molecule has 1 aromatic heterocycles. The molecule has 0 aliphatic heterocycles. The molecule has 2 bridgehead atoms. The lowest BCUT2D eigenvalue weighted by Crippen LogP contribution is -2.56. The number of hydrogen-bond donors (Lipinski definition) is 1. The van der Waals surface area contributed by atoms with E-state index in [-0.39, 0.29) is 5.54 Å². The van der Waals surface area contributed by atoms with Crippen LogP contribution in [0.25, 0.3) is 0 Å². The Hall–Kier alpha value is -0.930. The molecule has 3 heteroatoms. The summed E-state index contributed by atoms with van der Waals surface area (Å²) in [5.74, 6) is 1.73. The van der Waals surface area contributed by atoms with Crippen molar-refractivity contribution in [3.8, 4) is 0 Å². The fourth-order valence-electron chi connectivity index (χ4n) is 4.45. The smallest absolute Gasteiger partial charge is 0.0544 e. The maximum Gasteiger partial charge on any atom is 0.0544 e. The van der Waals surface area contributed by atoms with Crippen LogP contribution < -0.4 is 5.73 Å². The molecule has 104 valence electrons. The van der Waals surface area contributed by atoms with Gasteiger partial charge < -0.3 is 5.73 Å². The van der Waals surface area contributed by atoms with Crippen molar-refractivity contribution in [3.05, 3.63) is 30.1 Å². The average Bonchev–Trinajstić information content (AvgIpc) is 3.07. The summed E-state index contributed by atoms with van der Waals surface area (Å²) < 4.78 is 0. The summed E-state index contributed by atoms with van der Waals surface area (Å²) in [5, 5.41) is 0. The van der Waals surface area contributed by atoms with Gasteiger partial charge in [0.05, 0.1) is 5.69 Å². The van der Waals surface area contributed by atoms with Gasteiger partial charge in [0.25, 0.3) is 0 Å². The van der Waals surface area contributed by atoms with Gasteiger partial charge in [-0.2, -0.15) is 0 Å². The van der Waals surface area contributed by atoms with E-state index in [1.807, 2.05) is 12.3 Å². The Balaban J connectivity index is 1.81. The predicted molar refractivity (Wildman–Crippen MR) is 77.6 cm³/mol. The summed E-state index contributed by atoms with van der Waals surface area (Å²) in [5.41, 5.74) is 7.64. The van der Waals surface area contributed by atoms with Crippen LogP contribution in [-0.4, -0.2) is 28.5 Å². The summed E-state index contributed by atoms with van der Waals surface area (Å²) in [7, 11) is 0. The van der Waals surface area contributed by atoms with Crippen molar-refractivity contribution in [2.24, 2.45) is 17.6 Å². The molecule has 0 spiro atoms. The van der Waals surface area contributed by atoms with E-state index in [1.54, 1.807) is 0 Å². The summed E-state index contributed by atoms with van der Waals surface area (Å²) in [6.07, 6.45) is 7.39. The van der Waals surface area contributed by atoms with Gasteiger partial charge >= 0.3 is 0 Å². The maximum atomic E-state index is 6.22. The molecule has 3 nitrogen and oxygen atoms in total. The Morgan fingerprint density at radius 2 is 2.32 bits per heavy atom. The van der Waals surface area contributed by atoms with Crippen LogP contribution in [0.4, 0.5) is 0 Å². The molecule has 1 aromatic rings. The molecule has 2 fully saturated rings. The van der Waals surface area contributed by atoms with Crippen molar-refractivity contribution < 1.29 is 0 Å². The van der Waals surface area contributed by atoms with Gasteiger partial charge in [0.1, 0.15) is 0 Å². The van der Waals surface area contributed by atoms with Gasteiger partial charge in [-0.3, -0.25) is 9.88 Å². The van der Waals surface area contributed by atoms with Crippen LogP contribution in [-0.2, 0) is 6.54 Å². The second-order valence-corrected chi connectivity index (χ2v) is 6.22. The normalized spacial score (nSPS) is 33.2. The second kappa shape index (κ2) is 5.22. The highest BCUT2D eigenvalue weighted by atomic mass is 15.2. The lowest BCUT2D eigenvalue weighted by Gasteiger charge is -2.46. The zero-order valence-electron chi connectivity index (χ0n) is 11.9. The van der Waals surface area contributed by atoms with Crippen LogP contribution in [0.15, 0.2) is 24.4 Å². The van der Waals surface area contributed by atoms with Crippen LogP contribution >= 0.6 is 0 Å². The van der Waals surface area contributed by atoms with Crippen molar-refractivity contribution in [3.63, 3.8) is 0 Å². The fourth-order valence-corrected chi connectivity index (χ4v) is 4.45. The van der Waals surface area contributed by atoms with Crippen molar-refractivity contribution >= 4 is 0 Å². The molecule has 0 amide bonds. The summed E-state index contributed by atoms with van der Waals surface area (Å²) >= 11 is 0. The average molecular weight is 259 g/mol. The molecule has 3 unspecified atom stereocenters. The second-order valence-electron chi connectivity index (χ2n) is 6.22. The summed E-state index contributed by atoms with van der Waals surface area (Å²) in [6.45, 7) is 5.07. The summed E-state index contributed by atoms with van der Waals surface area (Å²) in [4.78, 5) is 7.08. The van der Waals surface area contributed by atoms with Gasteiger partial charge in [-0.25, -0.2) is 0 Å². The third-order valence-corrected chi connectivity index (χ3v) is 5.39. The molecular weight excluding hydrogens is 234 g/mol. The zero-order chi connectivity index (χ0) is 13.3. The number of aromatic nitrogens is 1. The van der Waals surface area contributed by atoms with Gasteiger partial charge in [-0.1, -0.05) is 19.4 Å². The highest BCUT2D eigenvalue weighted by molar-refractivity contribution is 5.11. The van der Waals surface area contributed by atoms with Gasteiger partial charge in [-0.05, 0) is 49.8 Å². The molecule has 2 aliphatic carbocycles. The number of pyridine rings is 1. The highest BCUT2D eigenvalue weighted by Gasteiger charge is 2.52. The van der Waals surface area contributed by atoms with Gasteiger partial charge in [0.15, 0.2) is 0 Å². The maximum absolute atomic E-state index is 6.22. The quantitative estimate of drug-likeness (QED) is 0.883. The molecule has 3 rings (SSSR count). The van der Waals surface area contributed by atoms with E-state index in [0.29, 0.717) is 0 Å². The van der Waals surface area contributed by atoms with E-state index >= 15 is 0 Å². The number of nitrogens with zero attached hydrogens (tertiary/aromatic N) is 2. The molecule has 2 saturated carbocycles. The van der Waals surface area contributed by atoms with Gasteiger partial charge in [0.2, 0.25) is 0 Å². The molecule has 3 atom stereocenters. The number of hydrogen-bond acceptors (Lipinski definition) is 3. The fraction of sp³-hybridized carbons (Fsp3) is 0.688. The molecule has 0 saturated heterocycles. The van der Waals surface area contributed by atoms with Crippen LogP contribution in [0.1, 0.15) is 38.3 Å². The first-order chi connectivity index (χ1) is 9.28. The molecule has 0 radical (unpaired) electrons. The number of nitrogens with two attached hydrogens (primary N) is 1. The Bertz CT molecular complexity index is 419. The molecule has 0 aromatic carbocycles. The standard InChI is InChI=1S/C16H25N3/c1-2-19(11-15-5-3-4-8-18-15)16(12-17)10-13-6-7-14(16)9-13/h3-5,8,13-14H,2,6-7,9-12,17H2,1H3. The lowest BCUT2D eigenvalue weighted by atomic mass is 9.79. The first-order valence-electron chi connectivity index (χ1n) is 7.63. The third-order valence-electron chi connectivity index (χ3n) is 5.39. The minimum absolute atomic E-state index is 0.245.